The second-order valence-electron chi connectivity index (χ2n) is 8.73. The van der Waals surface area contributed by atoms with Crippen LogP contribution in [0.1, 0.15) is 60.8 Å². The molecule has 1 aromatic carbocycles. The molecule has 32 heavy (non-hydrogen) atoms. The fourth-order valence-corrected chi connectivity index (χ4v) is 4.97. The molecule has 2 fully saturated rings. The van der Waals surface area contributed by atoms with Crippen molar-refractivity contribution in [3.05, 3.63) is 34.4 Å². The van der Waals surface area contributed by atoms with Crippen molar-refractivity contribution in [2.45, 2.75) is 58.7 Å². The number of ether oxygens (including phenoxy) is 1. The Morgan fingerprint density at radius 2 is 1.66 bits per heavy atom. The molecule has 3 rings (SSSR count). The van der Waals surface area contributed by atoms with Crippen LogP contribution in [0.4, 0.5) is 13.2 Å². The SMILES string of the molecule is CC#Cc1cc(C)c(C2C(=O)CC3(CCN(C(=O)COC(F)(F)F)CC3)CC2=O)c(C)c1. The van der Waals surface area contributed by atoms with Crippen molar-refractivity contribution in [1.82, 2.24) is 4.90 Å². The van der Waals surface area contributed by atoms with Crippen LogP contribution >= 0.6 is 0 Å². The Morgan fingerprint density at radius 3 is 2.12 bits per heavy atom. The molecule has 8 heteroatoms. The molecule has 1 amide bonds. The van der Waals surface area contributed by atoms with Crippen LogP contribution in [0.3, 0.4) is 0 Å². The molecule has 172 valence electrons. The summed E-state index contributed by atoms with van der Waals surface area (Å²) in [6.45, 7) is 4.84. The van der Waals surface area contributed by atoms with Crippen LogP contribution in [0.15, 0.2) is 12.1 Å². The Labute approximate surface area is 185 Å². The van der Waals surface area contributed by atoms with Crippen LogP contribution in [0.2, 0.25) is 0 Å². The van der Waals surface area contributed by atoms with Crippen molar-refractivity contribution in [1.29, 1.82) is 0 Å². The number of benzene rings is 1. The molecule has 5 nitrogen and oxygen atoms in total. The molecule has 1 spiro atoms. The van der Waals surface area contributed by atoms with Crippen LogP contribution in [0.25, 0.3) is 0 Å². The highest BCUT2D eigenvalue weighted by molar-refractivity contribution is 6.10. The Hall–Kier alpha value is -2.66. The van der Waals surface area contributed by atoms with Gasteiger partial charge >= 0.3 is 6.36 Å². The molecule has 0 aromatic heterocycles. The van der Waals surface area contributed by atoms with Crippen molar-refractivity contribution in [3.8, 4) is 11.8 Å². The molecule has 2 aliphatic rings. The maximum atomic E-state index is 13.1. The van der Waals surface area contributed by atoms with Gasteiger partial charge in [0.2, 0.25) is 5.91 Å². The van der Waals surface area contributed by atoms with E-state index in [2.05, 4.69) is 16.6 Å². The van der Waals surface area contributed by atoms with E-state index in [1.807, 2.05) is 26.0 Å². The van der Waals surface area contributed by atoms with E-state index in [0.29, 0.717) is 12.8 Å². The summed E-state index contributed by atoms with van der Waals surface area (Å²) >= 11 is 0. The molecule has 0 bridgehead atoms. The number of nitrogens with zero attached hydrogens (tertiary/aromatic N) is 1. The summed E-state index contributed by atoms with van der Waals surface area (Å²) in [4.78, 5) is 39.6. The first-order valence-corrected chi connectivity index (χ1v) is 10.5. The number of halogens is 3. The topological polar surface area (TPSA) is 63.7 Å². The molecule has 1 saturated carbocycles. The lowest BCUT2D eigenvalue weighted by atomic mass is 9.62. The van der Waals surface area contributed by atoms with Crippen molar-refractivity contribution in [3.63, 3.8) is 0 Å². The van der Waals surface area contributed by atoms with Crippen LogP contribution < -0.4 is 0 Å². The average molecular weight is 449 g/mol. The Balaban J connectivity index is 1.70. The highest BCUT2D eigenvalue weighted by Crippen LogP contribution is 2.46. The van der Waals surface area contributed by atoms with E-state index in [0.717, 1.165) is 22.3 Å². The summed E-state index contributed by atoms with van der Waals surface area (Å²) in [6.07, 6.45) is -3.61. The molecular weight excluding hydrogens is 423 g/mol. The first kappa shape index (κ1) is 24.0. The Morgan fingerprint density at radius 1 is 1.12 bits per heavy atom. The molecule has 0 N–H and O–H groups in total. The number of carbonyl (C=O) groups excluding carboxylic acids is 3. The van der Waals surface area contributed by atoms with Gasteiger partial charge in [-0.15, -0.1) is 19.1 Å². The highest BCUT2D eigenvalue weighted by Gasteiger charge is 2.48. The molecular formula is C24H26F3NO4. The Bertz CT molecular complexity index is 952. The predicted molar refractivity (Wildman–Crippen MR) is 111 cm³/mol. The van der Waals surface area contributed by atoms with Gasteiger partial charge in [-0.05, 0) is 67.9 Å². The minimum absolute atomic E-state index is 0.137. The van der Waals surface area contributed by atoms with Crippen molar-refractivity contribution < 1.29 is 32.3 Å². The summed E-state index contributed by atoms with van der Waals surface area (Å²) in [5.74, 6) is 4.02. The summed E-state index contributed by atoms with van der Waals surface area (Å²) in [7, 11) is 0. The van der Waals surface area contributed by atoms with Gasteiger partial charge in [-0.25, -0.2) is 0 Å². The summed E-state index contributed by atoms with van der Waals surface area (Å²) in [6, 6.07) is 3.77. The number of Topliss-reactive ketones (excluding diaryl/α,β-unsaturated/α-hetero) is 2. The number of hydrogen-bond donors (Lipinski definition) is 0. The van der Waals surface area contributed by atoms with Gasteiger partial charge in [-0.1, -0.05) is 5.92 Å². The largest absolute Gasteiger partial charge is 0.523 e. The summed E-state index contributed by atoms with van der Waals surface area (Å²) < 4.78 is 40.1. The van der Waals surface area contributed by atoms with Gasteiger partial charge in [0.15, 0.2) is 0 Å². The van der Waals surface area contributed by atoms with E-state index in [1.165, 1.54) is 4.90 Å². The van der Waals surface area contributed by atoms with Gasteiger partial charge in [0, 0.05) is 31.5 Å². The second kappa shape index (κ2) is 9.07. The number of piperidine rings is 1. The molecule has 1 aliphatic carbocycles. The smallest absolute Gasteiger partial charge is 0.341 e. The van der Waals surface area contributed by atoms with Crippen LogP contribution in [-0.4, -0.2) is 48.4 Å². The number of amides is 1. The van der Waals surface area contributed by atoms with E-state index in [9.17, 15) is 27.6 Å². The van der Waals surface area contributed by atoms with Gasteiger partial charge < -0.3 is 4.90 Å². The maximum Gasteiger partial charge on any atom is 0.523 e. The molecule has 1 heterocycles. The number of rotatable bonds is 3. The van der Waals surface area contributed by atoms with E-state index in [4.69, 9.17) is 0 Å². The third kappa shape index (κ3) is 5.21. The zero-order valence-electron chi connectivity index (χ0n) is 18.4. The van der Waals surface area contributed by atoms with Gasteiger partial charge in [0.1, 0.15) is 24.1 Å². The summed E-state index contributed by atoms with van der Waals surface area (Å²) in [5.41, 5.74) is 2.76. The summed E-state index contributed by atoms with van der Waals surface area (Å²) in [5, 5.41) is 0. The quantitative estimate of drug-likeness (QED) is 0.520. The number of hydrogen-bond acceptors (Lipinski definition) is 4. The van der Waals surface area contributed by atoms with Crippen molar-refractivity contribution in [2.24, 2.45) is 5.41 Å². The Kier molecular flexibility index (Phi) is 6.80. The van der Waals surface area contributed by atoms with Crippen LogP contribution in [0, 0.1) is 31.1 Å². The molecule has 1 saturated heterocycles. The zero-order chi connectivity index (χ0) is 23.7. The number of ketones is 2. The zero-order valence-corrected chi connectivity index (χ0v) is 18.4. The average Bonchev–Trinajstić information content (AvgIpc) is 2.68. The lowest BCUT2D eigenvalue weighted by Gasteiger charge is -2.44. The van der Waals surface area contributed by atoms with Crippen LogP contribution in [0.5, 0.6) is 0 Å². The second-order valence-corrected chi connectivity index (χ2v) is 8.73. The highest BCUT2D eigenvalue weighted by atomic mass is 19.4. The first-order valence-electron chi connectivity index (χ1n) is 10.5. The predicted octanol–water partition coefficient (Wildman–Crippen LogP) is 3.84. The minimum Gasteiger partial charge on any atom is -0.341 e. The third-order valence-electron chi connectivity index (χ3n) is 6.43. The molecule has 1 aliphatic heterocycles. The monoisotopic (exact) mass is 449 g/mol. The van der Waals surface area contributed by atoms with Crippen molar-refractivity contribution in [2.75, 3.05) is 19.7 Å². The fraction of sp³-hybridized carbons (Fsp3) is 0.542. The van der Waals surface area contributed by atoms with Crippen molar-refractivity contribution >= 4 is 17.5 Å². The molecule has 0 atom stereocenters. The number of likely N-dealkylation sites (tertiary alicyclic amines) is 1. The van der Waals surface area contributed by atoms with E-state index < -0.39 is 30.2 Å². The fourth-order valence-electron chi connectivity index (χ4n) is 4.97. The minimum atomic E-state index is -4.86. The molecule has 0 unspecified atom stereocenters. The van der Waals surface area contributed by atoms with Gasteiger partial charge in [0.05, 0.1) is 0 Å². The molecule has 1 aromatic rings. The van der Waals surface area contributed by atoms with Crippen LogP contribution in [-0.2, 0) is 19.1 Å². The lowest BCUT2D eigenvalue weighted by Crippen LogP contribution is -2.49. The van der Waals surface area contributed by atoms with E-state index in [-0.39, 0.29) is 37.5 Å². The standard InChI is InChI=1S/C24H26F3NO4/c1-4-5-17-10-15(2)21(16(3)11-17)22-18(29)12-23(13-19(22)30)6-8-28(9-7-23)20(31)14-32-24(25,26)27/h10-11,22H,6-9,12-14H2,1-3H3. The molecule has 0 radical (unpaired) electrons. The van der Waals surface area contributed by atoms with E-state index in [1.54, 1.807) is 6.92 Å². The van der Waals surface area contributed by atoms with Gasteiger partial charge in [-0.3, -0.25) is 19.1 Å². The number of alkyl halides is 3. The lowest BCUT2D eigenvalue weighted by molar-refractivity contribution is -0.321. The maximum absolute atomic E-state index is 13.1. The third-order valence-corrected chi connectivity index (χ3v) is 6.43. The normalized spacial score (nSPS) is 19.1. The first-order chi connectivity index (χ1) is 14.9. The van der Waals surface area contributed by atoms with Gasteiger partial charge in [0.25, 0.3) is 0 Å². The number of carbonyl (C=O) groups is 3. The van der Waals surface area contributed by atoms with E-state index >= 15 is 0 Å². The van der Waals surface area contributed by atoms with Gasteiger partial charge in [-0.2, -0.15) is 0 Å². The number of aryl methyl sites for hydroxylation is 2.